The highest BCUT2D eigenvalue weighted by molar-refractivity contribution is 5.90. The minimum atomic E-state index is -0.436. The largest absolute Gasteiger partial charge is 0.458 e. The van der Waals surface area contributed by atoms with Crippen molar-refractivity contribution in [3.63, 3.8) is 0 Å². The summed E-state index contributed by atoms with van der Waals surface area (Å²) in [5.41, 5.74) is 0.849. The normalized spacial score (nSPS) is 25.8. The van der Waals surface area contributed by atoms with E-state index in [4.69, 9.17) is 14.2 Å². The molecule has 0 aromatic carbocycles. The van der Waals surface area contributed by atoms with Crippen LogP contribution < -0.4 is 0 Å². The van der Waals surface area contributed by atoms with Crippen molar-refractivity contribution in [2.24, 2.45) is 5.92 Å². The van der Waals surface area contributed by atoms with Gasteiger partial charge in [0.05, 0.1) is 5.92 Å². The summed E-state index contributed by atoms with van der Waals surface area (Å²) in [6.45, 7) is 5.05. The van der Waals surface area contributed by atoms with E-state index >= 15 is 0 Å². The van der Waals surface area contributed by atoms with E-state index in [-0.39, 0.29) is 36.0 Å². The highest BCUT2D eigenvalue weighted by Crippen LogP contribution is 2.29. The van der Waals surface area contributed by atoms with Crippen LogP contribution in [0, 0.1) is 5.92 Å². The van der Waals surface area contributed by atoms with E-state index in [1.807, 2.05) is 13.0 Å². The second-order valence-corrected chi connectivity index (χ2v) is 8.70. The molecule has 170 valence electrons. The van der Waals surface area contributed by atoms with Gasteiger partial charge in [0, 0.05) is 12.5 Å². The van der Waals surface area contributed by atoms with E-state index in [0.29, 0.717) is 0 Å². The fourth-order valence-corrected chi connectivity index (χ4v) is 4.36. The third-order valence-corrected chi connectivity index (χ3v) is 5.97. The molecule has 4 atom stereocenters. The quantitative estimate of drug-likeness (QED) is 0.222. The number of unbranched alkanes of at least 4 members (excludes halogenated alkanes) is 9. The summed E-state index contributed by atoms with van der Waals surface area (Å²) in [6, 6.07) is 0. The van der Waals surface area contributed by atoms with Crippen molar-refractivity contribution in [3.05, 3.63) is 11.6 Å². The molecule has 2 aliphatic rings. The number of hydrogen-bond donors (Lipinski definition) is 0. The predicted molar refractivity (Wildman–Crippen MR) is 114 cm³/mol. The third kappa shape index (κ3) is 8.11. The maximum Gasteiger partial charge on any atom is 0.334 e. The van der Waals surface area contributed by atoms with Crippen LogP contribution in [0.25, 0.3) is 0 Å². The Labute approximate surface area is 180 Å². The zero-order chi connectivity index (χ0) is 21.9. The standard InChI is InChI=1S/C24H38O6/c1-17-16-20(23(26)28-17)14-12-10-8-6-4-5-7-9-11-13-15-21-22(30-19(3)25)18(2)29-24(21)27/h16-18,21-22H,4-15H2,1-3H3/t17-,18-,21+,22+/m0/s1. The Balaban J connectivity index is 1.42. The summed E-state index contributed by atoms with van der Waals surface area (Å²) in [7, 11) is 0. The Bertz CT molecular complexity index is 611. The Morgan fingerprint density at radius 1 is 0.900 bits per heavy atom. The second kappa shape index (κ2) is 12.8. The number of hydrogen-bond acceptors (Lipinski definition) is 6. The number of ether oxygens (including phenoxy) is 3. The van der Waals surface area contributed by atoms with E-state index in [1.165, 1.54) is 51.9 Å². The van der Waals surface area contributed by atoms with E-state index < -0.39 is 6.10 Å². The fourth-order valence-electron chi connectivity index (χ4n) is 4.36. The Morgan fingerprint density at radius 2 is 1.47 bits per heavy atom. The first-order valence-electron chi connectivity index (χ1n) is 11.7. The monoisotopic (exact) mass is 422 g/mol. The Morgan fingerprint density at radius 3 is 2.00 bits per heavy atom. The lowest BCUT2D eigenvalue weighted by atomic mass is 9.94. The van der Waals surface area contributed by atoms with Crippen molar-refractivity contribution in [2.75, 3.05) is 0 Å². The zero-order valence-electron chi connectivity index (χ0n) is 18.8. The van der Waals surface area contributed by atoms with Crippen molar-refractivity contribution in [2.45, 2.75) is 116 Å². The molecule has 0 saturated carbocycles. The molecule has 2 heterocycles. The van der Waals surface area contributed by atoms with Gasteiger partial charge in [-0.25, -0.2) is 4.79 Å². The molecule has 0 amide bonds. The molecule has 0 aliphatic carbocycles. The van der Waals surface area contributed by atoms with E-state index in [2.05, 4.69) is 0 Å². The van der Waals surface area contributed by atoms with Crippen LogP contribution in [0.2, 0.25) is 0 Å². The summed E-state index contributed by atoms with van der Waals surface area (Å²) in [5.74, 6) is -1.04. The summed E-state index contributed by atoms with van der Waals surface area (Å²) in [4.78, 5) is 34.7. The average Bonchev–Trinajstić information content (AvgIpc) is 3.13. The minimum Gasteiger partial charge on any atom is -0.458 e. The van der Waals surface area contributed by atoms with Crippen LogP contribution in [0.4, 0.5) is 0 Å². The summed E-state index contributed by atoms with van der Waals surface area (Å²) in [6.07, 6.45) is 14.3. The van der Waals surface area contributed by atoms with Crippen LogP contribution in [0.1, 0.15) is 97.8 Å². The van der Waals surface area contributed by atoms with Gasteiger partial charge in [-0.3, -0.25) is 9.59 Å². The number of esters is 3. The lowest BCUT2D eigenvalue weighted by molar-refractivity contribution is -0.150. The first kappa shape index (κ1) is 24.4. The minimum absolute atomic E-state index is 0.0571. The van der Waals surface area contributed by atoms with Crippen LogP contribution in [-0.2, 0) is 28.6 Å². The number of carbonyl (C=O) groups is 3. The molecule has 0 N–H and O–H groups in total. The van der Waals surface area contributed by atoms with Gasteiger partial charge in [-0.05, 0) is 39.2 Å². The molecular formula is C24H38O6. The van der Waals surface area contributed by atoms with Gasteiger partial charge in [0.2, 0.25) is 0 Å². The highest BCUT2D eigenvalue weighted by Gasteiger charge is 2.44. The van der Waals surface area contributed by atoms with Crippen molar-refractivity contribution in [1.29, 1.82) is 0 Å². The molecule has 6 heteroatoms. The molecule has 30 heavy (non-hydrogen) atoms. The number of carbonyl (C=O) groups excluding carboxylic acids is 3. The molecule has 0 bridgehead atoms. The first-order chi connectivity index (χ1) is 14.4. The summed E-state index contributed by atoms with van der Waals surface area (Å²) >= 11 is 0. The smallest absolute Gasteiger partial charge is 0.334 e. The topological polar surface area (TPSA) is 78.9 Å². The maximum absolute atomic E-state index is 12.0. The van der Waals surface area contributed by atoms with Gasteiger partial charge in [0.1, 0.15) is 12.2 Å². The Hall–Kier alpha value is -1.85. The molecule has 2 rings (SSSR count). The average molecular weight is 423 g/mol. The molecule has 0 aromatic heterocycles. The number of cyclic esters (lactones) is 2. The van der Waals surface area contributed by atoms with Crippen LogP contribution in [0.3, 0.4) is 0 Å². The zero-order valence-corrected chi connectivity index (χ0v) is 18.8. The predicted octanol–water partition coefficient (Wildman–Crippen LogP) is 5.03. The van der Waals surface area contributed by atoms with Crippen molar-refractivity contribution in [3.8, 4) is 0 Å². The maximum atomic E-state index is 12.0. The SMILES string of the molecule is CC(=O)O[C@@H]1[C@H](C)OC(=O)[C@@H]1CCCCCCCCCCCCC1=C[C@H](C)OC1=O. The summed E-state index contributed by atoms with van der Waals surface area (Å²) in [5, 5.41) is 0. The van der Waals surface area contributed by atoms with Gasteiger partial charge in [-0.15, -0.1) is 0 Å². The molecule has 0 spiro atoms. The molecule has 2 aliphatic heterocycles. The van der Waals surface area contributed by atoms with Gasteiger partial charge in [0.25, 0.3) is 0 Å². The van der Waals surface area contributed by atoms with Crippen molar-refractivity contribution < 1.29 is 28.6 Å². The second-order valence-electron chi connectivity index (χ2n) is 8.70. The Kier molecular flexibility index (Phi) is 10.4. The molecule has 1 fully saturated rings. The fraction of sp³-hybridized carbons (Fsp3) is 0.792. The van der Waals surface area contributed by atoms with E-state index in [1.54, 1.807) is 6.92 Å². The van der Waals surface area contributed by atoms with Gasteiger partial charge in [-0.2, -0.15) is 0 Å². The van der Waals surface area contributed by atoms with E-state index in [0.717, 1.165) is 37.7 Å². The molecule has 6 nitrogen and oxygen atoms in total. The van der Waals surface area contributed by atoms with Crippen LogP contribution in [0.5, 0.6) is 0 Å². The van der Waals surface area contributed by atoms with Crippen molar-refractivity contribution >= 4 is 17.9 Å². The summed E-state index contributed by atoms with van der Waals surface area (Å²) < 4.78 is 15.6. The van der Waals surface area contributed by atoms with Gasteiger partial charge >= 0.3 is 17.9 Å². The molecule has 0 radical (unpaired) electrons. The van der Waals surface area contributed by atoms with Crippen molar-refractivity contribution in [1.82, 2.24) is 0 Å². The molecule has 1 saturated heterocycles. The first-order valence-corrected chi connectivity index (χ1v) is 11.7. The molecular weight excluding hydrogens is 384 g/mol. The lowest BCUT2D eigenvalue weighted by Crippen LogP contribution is -2.30. The van der Waals surface area contributed by atoms with Gasteiger partial charge < -0.3 is 14.2 Å². The third-order valence-electron chi connectivity index (χ3n) is 5.97. The molecule has 0 unspecified atom stereocenters. The molecule has 0 aromatic rings. The number of rotatable bonds is 14. The van der Waals surface area contributed by atoms with E-state index in [9.17, 15) is 14.4 Å². The lowest BCUT2D eigenvalue weighted by Gasteiger charge is -2.18. The van der Waals surface area contributed by atoms with Gasteiger partial charge in [-0.1, -0.05) is 57.8 Å². The highest BCUT2D eigenvalue weighted by atomic mass is 16.6. The van der Waals surface area contributed by atoms with Crippen LogP contribution in [0.15, 0.2) is 11.6 Å². The van der Waals surface area contributed by atoms with Crippen LogP contribution >= 0.6 is 0 Å². The van der Waals surface area contributed by atoms with Crippen LogP contribution in [-0.4, -0.2) is 36.2 Å². The van der Waals surface area contributed by atoms with Gasteiger partial charge in [0.15, 0.2) is 6.10 Å².